The fourth-order valence-electron chi connectivity index (χ4n) is 1.82. The predicted octanol–water partition coefficient (Wildman–Crippen LogP) is 3.57. The molecule has 0 spiro atoms. The molecule has 5 heteroatoms. The van der Waals surface area contributed by atoms with E-state index in [2.05, 4.69) is 29.4 Å². The number of hydrogen-bond acceptors (Lipinski definition) is 4. The van der Waals surface area contributed by atoms with Gasteiger partial charge in [-0.3, -0.25) is 0 Å². The molecule has 0 saturated carbocycles. The van der Waals surface area contributed by atoms with E-state index in [4.69, 9.17) is 11.6 Å². The second-order valence-corrected chi connectivity index (χ2v) is 6.82. The van der Waals surface area contributed by atoms with Crippen molar-refractivity contribution in [2.75, 3.05) is 13.1 Å². The molecule has 2 aromatic rings. The van der Waals surface area contributed by atoms with E-state index in [9.17, 15) is 0 Å². The molecule has 1 N–H and O–H groups in total. The smallest absolute Gasteiger partial charge is 0.121 e. The van der Waals surface area contributed by atoms with E-state index < -0.39 is 0 Å². The number of benzene rings is 1. The van der Waals surface area contributed by atoms with Crippen molar-refractivity contribution in [3.8, 4) is 0 Å². The van der Waals surface area contributed by atoms with Crippen LogP contribution in [0.4, 0.5) is 0 Å². The molecular formula is C15H20ClN3S. The van der Waals surface area contributed by atoms with Crippen molar-refractivity contribution in [3.05, 3.63) is 44.9 Å². The topological polar surface area (TPSA) is 37.8 Å². The van der Waals surface area contributed by atoms with Gasteiger partial charge >= 0.3 is 0 Å². The Balaban J connectivity index is 1.81. The maximum absolute atomic E-state index is 5.88. The average molecular weight is 310 g/mol. The lowest BCUT2D eigenvalue weighted by molar-refractivity contribution is 0.553. The molecule has 0 fully saturated rings. The SMILES string of the molecule is CC(C)CNCCc1nnc(Cc2ccc(Cl)cc2)s1. The van der Waals surface area contributed by atoms with Crippen molar-refractivity contribution in [1.82, 2.24) is 15.5 Å². The van der Waals surface area contributed by atoms with Gasteiger partial charge in [0.25, 0.3) is 0 Å². The van der Waals surface area contributed by atoms with Crippen molar-refractivity contribution in [2.24, 2.45) is 5.92 Å². The molecule has 0 atom stereocenters. The van der Waals surface area contributed by atoms with Gasteiger partial charge in [0.2, 0.25) is 0 Å². The Bertz CT molecular complexity index is 522. The van der Waals surface area contributed by atoms with Crippen molar-refractivity contribution in [3.63, 3.8) is 0 Å². The zero-order valence-corrected chi connectivity index (χ0v) is 13.5. The van der Waals surface area contributed by atoms with E-state index in [1.165, 1.54) is 5.56 Å². The first-order chi connectivity index (χ1) is 9.63. The minimum absolute atomic E-state index is 0.685. The van der Waals surface area contributed by atoms with Crippen LogP contribution in [-0.4, -0.2) is 23.3 Å². The van der Waals surface area contributed by atoms with Crippen LogP contribution in [0.2, 0.25) is 5.02 Å². The standard InChI is InChI=1S/C15H20ClN3S/c1-11(2)10-17-8-7-14-18-19-15(20-14)9-12-3-5-13(16)6-4-12/h3-6,11,17H,7-10H2,1-2H3. The van der Waals surface area contributed by atoms with E-state index in [1.54, 1.807) is 11.3 Å². The lowest BCUT2D eigenvalue weighted by Gasteiger charge is -2.05. The Labute approximate surface area is 129 Å². The zero-order valence-electron chi connectivity index (χ0n) is 11.9. The van der Waals surface area contributed by atoms with E-state index >= 15 is 0 Å². The summed E-state index contributed by atoms with van der Waals surface area (Å²) in [4.78, 5) is 0. The van der Waals surface area contributed by atoms with Gasteiger partial charge in [0.05, 0.1) is 0 Å². The van der Waals surface area contributed by atoms with Crippen LogP contribution < -0.4 is 5.32 Å². The molecule has 108 valence electrons. The first-order valence-electron chi connectivity index (χ1n) is 6.90. The van der Waals surface area contributed by atoms with Gasteiger partial charge in [-0.25, -0.2) is 0 Å². The van der Waals surface area contributed by atoms with Gasteiger partial charge in [-0.2, -0.15) is 0 Å². The molecule has 1 heterocycles. The van der Waals surface area contributed by atoms with Gasteiger partial charge in [-0.1, -0.05) is 37.6 Å². The van der Waals surface area contributed by atoms with Crippen molar-refractivity contribution in [1.29, 1.82) is 0 Å². The summed E-state index contributed by atoms with van der Waals surface area (Å²) in [5.74, 6) is 0.685. The molecule has 0 aliphatic carbocycles. The van der Waals surface area contributed by atoms with Crippen molar-refractivity contribution >= 4 is 22.9 Å². The highest BCUT2D eigenvalue weighted by Gasteiger charge is 2.05. The molecule has 20 heavy (non-hydrogen) atoms. The highest BCUT2D eigenvalue weighted by Crippen LogP contribution is 2.16. The quantitative estimate of drug-likeness (QED) is 0.795. The Kier molecular flexibility index (Phi) is 5.95. The largest absolute Gasteiger partial charge is 0.316 e. The minimum atomic E-state index is 0.685. The second-order valence-electron chi connectivity index (χ2n) is 5.24. The number of nitrogens with one attached hydrogen (secondary N) is 1. The van der Waals surface area contributed by atoms with E-state index in [0.29, 0.717) is 5.92 Å². The van der Waals surface area contributed by atoms with Gasteiger partial charge in [-0.05, 0) is 30.2 Å². The lowest BCUT2D eigenvalue weighted by atomic mass is 10.2. The maximum atomic E-state index is 5.88. The van der Waals surface area contributed by atoms with Crippen LogP contribution in [0.1, 0.15) is 29.4 Å². The Morgan fingerprint density at radius 3 is 2.55 bits per heavy atom. The molecule has 0 unspecified atom stereocenters. The molecule has 0 bridgehead atoms. The van der Waals surface area contributed by atoms with Crippen molar-refractivity contribution < 1.29 is 0 Å². The third-order valence-corrected chi connectivity index (χ3v) is 4.08. The molecule has 0 aliphatic rings. The first kappa shape index (κ1) is 15.4. The third-order valence-electron chi connectivity index (χ3n) is 2.85. The minimum Gasteiger partial charge on any atom is -0.316 e. The van der Waals surface area contributed by atoms with Crippen molar-refractivity contribution in [2.45, 2.75) is 26.7 Å². The third kappa shape index (κ3) is 5.19. The Morgan fingerprint density at radius 1 is 1.15 bits per heavy atom. The maximum Gasteiger partial charge on any atom is 0.121 e. The number of hydrogen-bond donors (Lipinski definition) is 1. The first-order valence-corrected chi connectivity index (χ1v) is 8.09. The Morgan fingerprint density at radius 2 is 1.85 bits per heavy atom. The lowest BCUT2D eigenvalue weighted by Crippen LogP contribution is -2.22. The van der Waals surface area contributed by atoms with Crippen LogP contribution in [0.5, 0.6) is 0 Å². The van der Waals surface area contributed by atoms with Crippen LogP contribution in [-0.2, 0) is 12.8 Å². The van der Waals surface area contributed by atoms with Crippen LogP contribution in [0.15, 0.2) is 24.3 Å². The molecule has 0 amide bonds. The summed E-state index contributed by atoms with van der Waals surface area (Å²) < 4.78 is 0. The highest BCUT2D eigenvalue weighted by molar-refractivity contribution is 7.11. The van der Waals surface area contributed by atoms with E-state index in [1.807, 2.05) is 24.3 Å². The summed E-state index contributed by atoms with van der Waals surface area (Å²) in [6, 6.07) is 7.89. The average Bonchev–Trinajstić information content (AvgIpc) is 2.85. The summed E-state index contributed by atoms with van der Waals surface area (Å²) in [7, 11) is 0. The molecule has 1 aromatic heterocycles. The number of nitrogens with zero attached hydrogens (tertiary/aromatic N) is 2. The summed E-state index contributed by atoms with van der Waals surface area (Å²) in [5.41, 5.74) is 1.22. The molecule has 0 aliphatic heterocycles. The molecule has 2 rings (SSSR count). The summed E-state index contributed by atoms with van der Waals surface area (Å²) in [5, 5.41) is 14.9. The van der Waals surface area contributed by atoms with Gasteiger partial charge in [0.15, 0.2) is 0 Å². The fraction of sp³-hybridized carbons (Fsp3) is 0.467. The van der Waals surface area contributed by atoms with Crippen LogP contribution in [0.3, 0.4) is 0 Å². The highest BCUT2D eigenvalue weighted by atomic mass is 35.5. The normalized spacial score (nSPS) is 11.2. The van der Waals surface area contributed by atoms with E-state index in [0.717, 1.165) is 41.0 Å². The molecule has 0 saturated heterocycles. The monoisotopic (exact) mass is 309 g/mol. The summed E-state index contributed by atoms with van der Waals surface area (Å²) in [6.07, 6.45) is 1.78. The van der Waals surface area contributed by atoms with Gasteiger partial charge < -0.3 is 5.32 Å². The Hall–Kier alpha value is -0.970. The second kappa shape index (κ2) is 7.72. The summed E-state index contributed by atoms with van der Waals surface area (Å²) in [6.45, 7) is 6.44. The number of aromatic nitrogens is 2. The summed E-state index contributed by atoms with van der Waals surface area (Å²) >= 11 is 7.58. The fourth-order valence-corrected chi connectivity index (χ4v) is 2.83. The van der Waals surface area contributed by atoms with Gasteiger partial charge in [0.1, 0.15) is 10.0 Å². The van der Waals surface area contributed by atoms with E-state index in [-0.39, 0.29) is 0 Å². The molecule has 0 radical (unpaired) electrons. The molecule has 3 nitrogen and oxygen atoms in total. The van der Waals surface area contributed by atoms with Gasteiger partial charge in [-0.15, -0.1) is 21.5 Å². The number of halogens is 1. The van der Waals surface area contributed by atoms with Crippen LogP contribution >= 0.6 is 22.9 Å². The van der Waals surface area contributed by atoms with Crippen LogP contribution in [0, 0.1) is 5.92 Å². The van der Waals surface area contributed by atoms with Gasteiger partial charge in [0, 0.05) is 24.4 Å². The number of rotatable bonds is 7. The molecular weight excluding hydrogens is 290 g/mol. The predicted molar refractivity (Wildman–Crippen MR) is 85.6 cm³/mol. The molecule has 1 aromatic carbocycles. The zero-order chi connectivity index (χ0) is 14.4. The van der Waals surface area contributed by atoms with Crippen LogP contribution in [0.25, 0.3) is 0 Å².